The Hall–Kier alpha value is -1.51. The molecule has 0 fully saturated rings. The van der Waals surface area contributed by atoms with E-state index in [-0.39, 0.29) is 18.1 Å². The number of para-hydroxylation sites is 1. The van der Waals surface area contributed by atoms with E-state index in [1.165, 1.54) is 0 Å². The molecule has 3 heteroatoms. The highest BCUT2D eigenvalue weighted by atomic mass is 16.2. The maximum absolute atomic E-state index is 12.4. The van der Waals surface area contributed by atoms with Gasteiger partial charge in [0.25, 0.3) is 0 Å². The van der Waals surface area contributed by atoms with Crippen molar-refractivity contribution in [3.05, 3.63) is 30.3 Å². The van der Waals surface area contributed by atoms with Crippen molar-refractivity contribution < 1.29 is 4.79 Å². The lowest BCUT2D eigenvalue weighted by atomic mass is 10.2. The van der Waals surface area contributed by atoms with Gasteiger partial charge in [-0.3, -0.25) is 4.90 Å². The number of rotatable bonds is 3. The van der Waals surface area contributed by atoms with Gasteiger partial charge in [-0.1, -0.05) is 18.2 Å². The summed E-state index contributed by atoms with van der Waals surface area (Å²) in [6, 6.07) is 10.2. The monoisotopic (exact) mass is 234 g/mol. The van der Waals surface area contributed by atoms with Gasteiger partial charge in [0, 0.05) is 24.8 Å². The van der Waals surface area contributed by atoms with E-state index in [0.29, 0.717) is 0 Å². The van der Waals surface area contributed by atoms with E-state index in [1.807, 2.05) is 70.0 Å². The Morgan fingerprint density at radius 2 is 1.53 bits per heavy atom. The molecule has 0 radical (unpaired) electrons. The molecule has 0 aliphatic rings. The van der Waals surface area contributed by atoms with Gasteiger partial charge in [-0.25, -0.2) is 4.79 Å². The number of hydrogen-bond acceptors (Lipinski definition) is 1. The fourth-order valence-corrected chi connectivity index (χ4v) is 1.61. The Morgan fingerprint density at radius 1 is 1.00 bits per heavy atom. The summed E-state index contributed by atoms with van der Waals surface area (Å²) in [4.78, 5) is 16.0. The van der Waals surface area contributed by atoms with Crippen LogP contribution in [0.1, 0.15) is 27.7 Å². The van der Waals surface area contributed by atoms with Crippen LogP contribution in [0.2, 0.25) is 0 Å². The molecule has 3 nitrogen and oxygen atoms in total. The summed E-state index contributed by atoms with van der Waals surface area (Å²) in [6.07, 6.45) is 0. The second-order valence-electron chi connectivity index (χ2n) is 4.79. The number of nitrogens with zero attached hydrogens (tertiary/aromatic N) is 2. The van der Waals surface area contributed by atoms with Crippen molar-refractivity contribution in [3.8, 4) is 0 Å². The number of hydrogen-bond donors (Lipinski definition) is 0. The number of carbonyl (C=O) groups is 1. The number of anilines is 1. The number of amides is 2. The van der Waals surface area contributed by atoms with Crippen LogP contribution in [0.3, 0.4) is 0 Å². The molecule has 1 aromatic rings. The van der Waals surface area contributed by atoms with E-state index in [1.54, 1.807) is 4.90 Å². The van der Waals surface area contributed by atoms with Gasteiger partial charge in [0.2, 0.25) is 0 Å². The van der Waals surface area contributed by atoms with Crippen molar-refractivity contribution in [1.29, 1.82) is 0 Å². The van der Waals surface area contributed by atoms with E-state index in [0.717, 1.165) is 5.69 Å². The molecule has 0 aromatic heterocycles. The molecule has 0 aliphatic carbocycles. The standard InChI is InChI=1S/C14H22N2O/c1-11(2)15(5)14(17)16(12(3)4)13-9-7-6-8-10-13/h6-12H,1-5H3. The zero-order chi connectivity index (χ0) is 13.0. The molecule has 1 rings (SSSR count). The Morgan fingerprint density at radius 3 is 1.94 bits per heavy atom. The Bertz CT molecular complexity index is 360. The van der Waals surface area contributed by atoms with Crippen molar-refractivity contribution >= 4 is 11.7 Å². The Labute approximate surface area is 104 Å². The van der Waals surface area contributed by atoms with Crippen LogP contribution in [0.15, 0.2) is 30.3 Å². The zero-order valence-corrected chi connectivity index (χ0v) is 11.3. The predicted octanol–water partition coefficient (Wildman–Crippen LogP) is 3.36. The quantitative estimate of drug-likeness (QED) is 0.786. The first-order chi connectivity index (χ1) is 7.95. The van der Waals surface area contributed by atoms with Crippen molar-refractivity contribution in [2.75, 3.05) is 11.9 Å². The smallest absolute Gasteiger partial charge is 0.324 e. The first kappa shape index (κ1) is 13.6. The minimum atomic E-state index is 0.0428. The zero-order valence-electron chi connectivity index (χ0n) is 11.3. The summed E-state index contributed by atoms with van der Waals surface area (Å²) in [5.74, 6) is 0. The molecule has 17 heavy (non-hydrogen) atoms. The van der Waals surface area contributed by atoms with Gasteiger partial charge >= 0.3 is 6.03 Å². The molecule has 0 heterocycles. The van der Waals surface area contributed by atoms with Gasteiger partial charge in [-0.2, -0.15) is 0 Å². The van der Waals surface area contributed by atoms with E-state index in [9.17, 15) is 4.79 Å². The van der Waals surface area contributed by atoms with Gasteiger partial charge in [0.05, 0.1) is 0 Å². The molecule has 0 bridgehead atoms. The summed E-state index contributed by atoms with van der Waals surface area (Å²) in [7, 11) is 1.84. The van der Waals surface area contributed by atoms with Crippen LogP contribution in [-0.2, 0) is 0 Å². The van der Waals surface area contributed by atoms with Gasteiger partial charge in [0.1, 0.15) is 0 Å². The molecule has 0 N–H and O–H groups in total. The normalized spacial score (nSPS) is 10.8. The molecule has 0 atom stereocenters. The average molecular weight is 234 g/mol. The number of carbonyl (C=O) groups excluding carboxylic acids is 1. The molecule has 94 valence electrons. The Balaban J connectivity index is 2.99. The highest BCUT2D eigenvalue weighted by molar-refractivity contribution is 5.92. The van der Waals surface area contributed by atoms with E-state index >= 15 is 0 Å². The number of urea groups is 1. The van der Waals surface area contributed by atoms with Crippen molar-refractivity contribution in [2.45, 2.75) is 39.8 Å². The molecule has 0 spiro atoms. The number of benzene rings is 1. The molecule has 2 amide bonds. The van der Waals surface area contributed by atoms with E-state index in [2.05, 4.69) is 0 Å². The average Bonchev–Trinajstić information content (AvgIpc) is 2.28. The lowest BCUT2D eigenvalue weighted by molar-refractivity contribution is 0.202. The highest BCUT2D eigenvalue weighted by Gasteiger charge is 2.23. The molecule has 0 aliphatic heterocycles. The predicted molar refractivity (Wildman–Crippen MR) is 72.4 cm³/mol. The van der Waals surface area contributed by atoms with E-state index in [4.69, 9.17) is 0 Å². The molecule has 1 aromatic carbocycles. The SMILES string of the molecule is CC(C)N(C)C(=O)N(c1ccccc1)C(C)C. The fourth-order valence-electron chi connectivity index (χ4n) is 1.61. The first-order valence-electron chi connectivity index (χ1n) is 6.06. The van der Waals surface area contributed by atoms with Crippen LogP contribution in [-0.4, -0.2) is 30.1 Å². The topological polar surface area (TPSA) is 23.6 Å². The van der Waals surface area contributed by atoms with Gasteiger partial charge in [-0.15, -0.1) is 0 Å². The first-order valence-corrected chi connectivity index (χ1v) is 6.06. The largest absolute Gasteiger partial charge is 0.325 e. The van der Waals surface area contributed by atoms with Crippen LogP contribution in [0.25, 0.3) is 0 Å². The summed E-state index contributed by atoms with van der Waals surface area (Å²) in [5.41, 5.74) is 0.944. The van der Waals surface area contributed by atoms with Crippen molar-refractivity contribution in [1.82, 2.24) is 4.90 Å². The van der Waals surface area contributed by atoms with Gasteiger partial charge in [0.15, 0.2) is 0 Å². The van der Waals surface area contributed by atoms with Crippen molar-refractivity contribution in [3.63, 3.8) is 0 Å². The summed E-state index contributed by atoms with van der Waals surface area (Å²) in [5, 5.41) is 0. The van der Waals surface area contributed by atoms with Gasteiger partial charge < -0.3 is 4.90 Å². The third-order valence-corrected chi connectivity index (χ3v) is 2.83. The van der Waals surface area contributed by atoms with Crippen LogP contribution in [0.5, 0.6) is 0 Å². The fraction of sp³-hybridized carbons (Fsp3) is 0.500. The van der Waals surface area contributed by atoms with Crippen LogP contribution in [0, 0.1) is 0 Å². The lowest BCUT2D eigenvalue weighted by Crippen LogP contribution is -2.47. The lowest BCUT2D eigenvalue weighted by Gasteiger charge is -2.33. The maximum Gasteiger partial charge on any atom is 0.324 e. The minimum Gasteiger partial charge on any atom is -0.325 e. The molecule has 0 unspecified atom stereocenters. The minimum absolute atomic E-state index is 0.0428. The second kappa shape index (κ2) is 5.71. The molecular weight excluding hydrogens is 212 g/mol. The summed E-state index contributed by atoms with van der Waals surface area (Å²) >= 11 is 0. The second-order valence-corrected chi connectivity index (χ2v) is 4.79. The molecule has 0 saturated carbocycles. The van der Waals surface area contributed by atoms with Crippen molar-refractivity contribution in [2.24, 2.45) is 0 Å². The Kier molecular flexibility index (Phi) is 4.55. The maximum atomic E-state index is 12.4. The van der Waals surface area contributed by atoms with Gasteiger partial charge in [-0.05, 0) is 39.8 Å². The third-order valence-electron chi connectivity index (χ3n) is 2.83. The van der Waals surface area contributed by atoms with Crippen LogP contribution >= 0.6 is 0 Å². The summed E-state index contributed by atoms with van der Waals surface area (Å²) < 4.78 is 0. The molecule has 0 saturated heterocycles. The summed E-state index contributed by atoms with van der Waals surface area (Å²) in [6.45, 7) is 8.08. The highest BCUT2D eigenvalue weighted by Crippen LogP contribution is 2.18. The van der Waals surface area contributed by atoms with Crippen LogP contribution in [0.4, 0.5) is 10.5 Å². The third kappa shape index (κ3) is 3.22. The van der Waals surface area contributed by atoms with Crippen LogP contribution < -0.4 is 4.90 Å². The molecular formula is C14H22N2O. The van der Waals surface area contributed by atoms with E-state index < -0.39 is 0 Å².